The summed E-state index contributed by atoms with van der Waals surface area (Å²) in [6.07, 6.45) is 2.60. The monoisotopic (exact) mass is 323 g/mol. The molecule has 24 heavy (non-hydrogen) atoms. The van der Waals surface area contributed by atoms with Crippen LogP contribution in [0, 0.1) is 13.8 Å². The molecule has 0 atom stereocenters. The molecular formula is C21H25NO2. The lowest BCUT2D eigenvalue weighted by atomic mass is 9.98. The normalized spacial score (nSPS) is 14.8. The molecule has 0 radical (unpaired) electrons. The molecule has 0 spiro atoms. The molecule has 2 aromatic carbocycles. The van der Waals surface area contributed by atoms with Gasteiger partial charge in [0.25, 0.3) is 0 Å². The van der Waals surface area contributed by atoms with Crippen LogP contribution in [0.25, 0.3) is 0 Å². The van der Waals surface area contributed by atoms with Gasteiger partial charge in [-0.1, -0.05) is 30.3 Å². The van der Waals surface area contributed by atoms with Gasteiger partial charge in [-0.2, -0.15) is 0 Å². The largest absolute Gasteiger partial charge is 0.492 e. The van der Waals surface area contributed by atoms with Crippen LogP contribution < -0.4 is 4.74 Å². The van der Waals surface area contributed by atoms with Crippen LogP contribution in [-0.2, 0) is 0 Å². The molecule has 0 saturated carbocycles. The number of ketones is 1. The van der Waals surface area contributed by atoms with Gasteiger partial charge in [-0.3, -0.25) is 9.69 Å². The minimum atomic E-state index is 0.0606. The topological polar surface area (TPSA) is 29.5 Å². The number of nitrogens with zero attached hydrogens (tertiary/aromatic N) is 1. The van der Waals surface area contributed by atoms with Crippen molar-refractivity contribution in [2.75, 3.05) is 26.2 Å². The summed E-state index contributed by atoms with van der Waals surface area (Å²) in [6, 6.07) is 13.3. The molecular weight excluding hydrogens is 298 g/mol. The van der Waals surface area contributed by atoms with E-state index in [1.54, 1.807) is 0 Å². The van der Waals surface area contributed by atoms with Crippen LogP contribution in [0.3, 0.4) is 0 Å². The standard InChI is InChI=1S/C21H25NO2/c1-16-14-19(20(23)18-8-4-3-5-9-18)15-17(2)21(16)24-13-12-22-10-6-7-11-22/h3-5,8-9,14-15H,6-7,10-13H2,1-2H3. The summed E-state index contributed by atoms with van der Waals surface area (Å²) in [5.74, 6) is 0.976. The molecule has 126 valence electrons. The SMILES string of the molecule is Cc1cc(C(=O)c2ccccc2)cc(C)c1OCCN1CCCC1. The fraction of sp³-hybridized carbons (Fsp3) is 0.381. The second-order valence-corrected chi connectivity index (χ2v) is 6.53. The summed E-state index contributed by atoms with van der Waals surface area (Å²) in [7, 11) is 0. The number of carbonyl (C=O) groups excluding carboxylic acids is 1. The second-order valence-electron chi connectivity index (χ2n) is 6.53. The molecule has 3 heteroatoms. The Kier molecular flexibility index (Phi) is 5.31. The maximum Gasteiger partial charge on any atom is 0.193 e. The smallest absolute Gasteiger partial charge is 0.193 e. The minimum absolute atomic E-state index is 0.0606. The zero-order valence-corrected chi connectivity index (χ0v) is 14.5. The van der Waals surface area contributed by atoms with Crippen molar-refractivity contribution >= 4 is 5.78 Å². The molecule has 3 nitrogen and oxygen atoms in total. The van der Waals surface area contributed by atoms with E-state index in [2.05, 4.69) is 4.90 Å². The third-order valence-corrected chi connectivity index (χ3v) is 4.61. The average molecular weight is 323 g/mol. The molecule has 0 bridgehead atoms. The van der Waals surface area contributed by atoms with Gasteiger partial charge < -0.3 is 4.74 Å². The van der Waals surface area contributed by atoms with Gasteiger partial charge >= 0.3 is 0 Å². The number of ether oxygens (including phenoxy) is 1. The third kappa shape index (κ3) is 3.85. The van der Waals surface area contributed by atoms with Crippen LogP contribution in [0.4, 0.5) is 0 Å². The van der Waals surface area contributed by atoms with Gasteiger partial charge in [0, 0.05) is 17.7 Å². The number of carbonyl (C=O) groups is 1. The maximum atomic E-state index is 12.6. The van der Waals surface area contributed by atoms with Crippen LogP contribution in [-0.4, -0.2) is 36.9 Å². The van der Waals surface area contributed by atoms with E-state index in [-0.39, 0.29) is 5.78 Å². The Morgan fingerprint density at radius 3 is 2.25 bits per heavy atom. The zero-order valence-electron chi connectivity index (χ0n) is 14.5. The van der Waals surface area contributed by atoms with Crippen molar-refractivity contribution in [3.63, 3.8) is 0 Å². The summed E-state index contributed by atoms with van der Waals surface area (Å²) in [4.78, 5) is 15.0. The highest BCUT2D eigenvalue weighted by Crippen LogP contribution is 2.26. The van der Waals surface area contributed by atoms with Gasteiger partial charge in [0.15, 0.2) is 5.78 Å². The Hall–Kier alpha value is -2.13. The molecule has 1 heterocycles. The van der Waals surface area contributed by atoms with Gasteiger partial charge in [-0.25, -0.2) is 0 Å². The number of rotatable bonds is 6. The van der Waals surface area contributed by atoms with Crippen LogP contribution >= 0.6 is 0 Å². The number of likely N-dealkylation sites (tertiary alicyclic amines) is 1. The molecule has 3 rings (SSSR count). The number of aryl methyl sites for hydroxylation is 2. The fourth-order valence-corrected chi connectivity index (χ4v) is 3.35. The molecule has 1 aliphatic rings. The lowest BCUT2D eigenvalue weighted by Gasteiger charge is -2.17. The van der Waals surface area contributed by atoms with Gasteiger partial charge in [0.1, 0.15) is 12.4 Å². The first kappa shape index (κ1) is 16.7. The van der Waals surface area contributed by atoms with E-state index >= 15 is 0 Å². The zero-order chi connectivity index (χ0) is 16.9. The lowest BCUT2D eigenvalue weighted by Crippen LogP contribution is -2.25. The lowest BCUT2D eigenvalue weighted by molar-refractivity contribution is 0.103. The van der Waals surface area contributed by atoms with Crippen molar-refractivity contribution in [2.45, 2.75) is 26.7 Å². The Labute approximate surface area is 144 Å². The van der Waals surface area contributed by atoms with Crippen LogP contribution in [0.5, 0.6) is 5.75 Å². The van der Waals surface area contributed by atoms with Crippen molar-refractivity contribution < 1.29 is 9.53 Å². The highest BCUT2D eigenvalue weighted by atomic mass is 16.5. The van der Waals surface area contributed by atoms with Crippen LogP contribution in [0.1, 0.15) is 39.9 Å². The molecule has 0 aromatic heterocycles. The van der Waals surface area contributed by atoms with E-state index in [0.29, 0.717) is 6.61 Å². The second kappa shape index (κ2) is 7.63. The first-order valence-corrected chi connectivity index (χ1v) is 8.71. The predicted octanol–water partition coefficient (Wildman–Crippen LogP) is 4.01. The molecule has 1 fully saturated rings. The first-order valence-electron chi connectivity index (χ1n) is 8.71. The Morgan fingerprint density at radius 2 is 1.62 bits per heavy atom. The molecule has 0 amide bonds. The van der Waals surface area contributed by atoms with Crippen molar-refractivity contribution in [2.24, 2.45) is 0 Å². The van der Waals surface area contributed by atoms with Crippen LogP contribution in [0.2, 0.25) is 0 Å². The van der Waals surface area contributed by atoms with Crippen molar-refractivity contribution in [1.82, 2.24) is 4.90 Å². The number of hydrogen-bond donors (Lipinski definition) is 0. The highest BCUT2D eigenvalue weighted by Gasteiger charge is 2.15. The average Bonchev–Trinajstić information content (AvgIpc) is 3.10. The van der Waals surface area contributed by atoms with Crippen molar-refractivity contribution in [1.29, 1.82) is 0 Å². The van der Waals surface area contributed by atoms with E-state index < -0.39 is 0 Å². The summed E-state index contributed by atoms with van der Waals surface area (Å²) < 4.78 is 6.02. The third-order valence-electron chi connectivity index (χ3n) is 4.61. The number of hydrogen-bond acceptors (Lipinski definition) is 3. The quantitative estimate of drug-likeness (QED) is 0.752. The summed E-state index contributed by atoms with van der Waals surface area (Å²) in [5, 5.41) is 0. The Balaban J connectivity index is 1.70. The fourth-order valence-electron chi connectivity index (χ4n) is 3.35. The maximum absolute atomic E-state index is 12.6. The van der Waals surface area contributed by atoms with Gasteiger partial charge in [-0.15, -0.1) is 0 Å². The van der Waals surface area contributed by atoms with Crippen molar-refractivity contribution in [3.8, 4) is 5.75 Å². The van der Waals surface area contributed by atoms with E-state index in [4.69, 9.17) is 4.74 Å². The molecule has 1 saturated heterocycles. The van der Waals surface area contributed by atoms with Gasteiger partial charge in [-0.05, 0) is 63.0 Å². The van der Waals surface area contributed by atoms with E-state index in [0.717, 1.165) is 34.5 Å². The Bertz CT molecular complexity index is 680. The highest BCUT2D eigenvalue weighted by molar-refractivity contribution is 6.09. The predicted molar refractivity (Wildman–Crippen MR) is 97.0 cm³/mol. The van der Waals surface area contributed by atoms with Gasteiger partial charge in [0.05, 0.1) is 0 Å². The molecule has 0 N–H and O–H groups in total. The van der Waals surface area contributed by atoms with E-state index in [1.807, 2.05) is 56.3 Å². The minimum Gasteiger partial charge on any atom is -0.492 e. The van der Waals surface area contributed by atoms with Gasteiger partial charge in [0.2, 0.25) is 0 Å². The first-order chi connectivity index (χ1) is 11.6. The molecule has 0 aliphatic carbocycles. The van der Waals surface area contributed by atoms with Crippen molar-refractivity contribution in [3.05, 3.63) is 64.7 Å². The molecule has 1 aliphatic heterocycles. The molecule has 2 aromatic rings. The van der Waals surface area contributed by atoms with E-state index in [1.165, 1.54) is 25.9 Å². The Morgan fingerprint density at radius 1 is 1.00 bits per heavy atom. The summed E-state index contributed by atoms with van der Waals surface area (Å²) in [5.41, 5.74) is 3.49. The van der Waals surface area contributed by atoms with E-state index in [9.17, 15) is 4.79 Å². The van der Waals surface area contributed by atoms with Crippen LogP contribution in [0.15, 0.2) is 42.5 Å². The summed E-state index contributed by atoms with van der Waals surface area (Å²) in [6.45, 7) is 8.08. The molecule has 0 unspecified atom stereocenters. The number of benzene rings is 2. The summed E-state index contributed by atoms with van der Waals surface area (Å²) >= 11 is 0.